The molecule has 4 nitrogen and oxygen atoms in total. The van der Waals surface area contributed by atoms with E-state index in [-0.39, 0.29) is 30.1 Å². The third-order valence-electron chi connectivity index (χ3n) is 7.59. The minimum atomic E-state index is -0.346. The smallest absolute Gasteiger partial charge is 0.149 e. The second-order valence-electron chi connectivity index (χ2n) is 10.9. The van der Waals surface area contributed by atoms with Crippen LogP contribution in [0.4, 0.5) is 0 Å². The molecule has 4 atom stereocenters. The molecule has 0 aromatic carbocycles. The summed E-state index contributed by atoms with van der Waals surface area (Å²) in [6, 6.07) is -0.201. The summed E-state index contributed by atoms with van der Waals surface area (Å²) >= 11 is 0. The van der Waals surface area contributed by atoms with Crippen molar-refractivity contribution >= 4 is 5.78 Å². The van der Waals surface area contributed by atoms with Gasteiger partial charge in [-0.1, -0.05) is 124 Å². The molecule has 1 fully saturated rings. The molecule has 1 N–H and O–H groups in total. The lowest BCUT2D eigenvalue weighted by Crippen LogP contribution is -2.59. The third kappa shape index (κ3) is 14.2. The Balaban J connectivity index is 2.38. The van der Waals surface area contributed by atoms with Gasteiger partial charge in [0.1, 0.15) is 5.78 Å². The van der Waals surface area contributed by atoms with E-state index in [0.29, 0.717) is 6.54 Å². The van der Waals surface area contributed by atoms with E-state index in [1.54, 1.807) is 6.92 Å². The zero-order valence-corrected chi connectivity index (χ0v) is 23.4. The van der Waals surface area contributed by atoms with Gasteiger partial charge < -0.3 is 9.84 Å². The Bertz CT molecular complexity index is 482. The normalized spacial score (nSPS) is 22.2. The van der Waals surface area contributed by atoms with Crippen LogP contribution in [0.25, 0.3) is 0 Å². The van der Waals surface area contributed by atoms with Crippen molar-refractivity contribution in [2.24, 2.45) is 0 Å². The number of β-amino-alcohol motifs (C(OH)–C–C–N with tert-alkyl or cyclic N) is 1. The Morgan fingerprint density at radius 1 is 0.824 bits per heavy atom. The van der Waals surface area contributed by atoms with E-state index in [1.165, 1.54) is 96.3 Å². The molecular formula is C30H59NO3. The predicted octanol–water partition coefficient (Wildman–Crippen LogP) is 7.85. The van der Waals surface area contributed by atoms with Gasteiger partial charge in [0.2, 0.25) is 0 Å². The van der Waals surface area contributed by atoms with Crippen molar-refractivity contribution in [3.63, 3.8) is 0 Å². The second-order valence-corrected chi connectivity index (χ2v) is 10.9. The van der Waals surface area contributed by atoms with Gasteiger partial charge >= 0.3 is 0 Å². The molecule has 34 heavy (non-hydrogen) atoms. The molecule has 0 saturated carbocycles. The van der Waals surface area contributed by atoms with E-state index >= 15 is 0 Å². The van der Waals surface area contributed by atoms with Crippen LogP contribution in [0.2, 0.25) is 0 Å². The average Bonchev–Trinajstić information content (AvgIpc) is 2.81. The van der Waals surface area contributed by atoms with Crippen LogP contribution in [0.3, 0.4) is 0 Å². The summed E-state index contributed by atoms with van der Waals surface area (Å²) in [4.78, 5) is 14.7. The number of rotatable bonds is 22. The number of Topliss-reactive ketones (excluding diaryl/α,β-unsaturated/α-hetero) is 1. The third-order valence-corrected chi connectivity index (χ3v) is 7.59. The van der Waals surface area contributed by atoms with Crippen LogP contribution in [0.1, 0.15) is 150 Å². The van der Waals surface area contributed by atoms with Crippen LogP contribution >= 0.6 is 0 Å². The molecule has 4 heteroatoms. The van der Waals surface area contributed by atoms with Gasteiger partial charge in [0.05, 0.1) is 24.4 Å². The highest BCUT2D eigenvalue weighted by Crippen LogP contribution is 2.25. The zero-order chi connectivity index (χ0) is 25.0. The minimum absolute atomic E-state index is 0.0411. The standard InChI is InChI=1S/C30H59NO3/c1-5-8-10-12-14-16-18-20-22-27(33)24-31-25-28(34-29(7-3)30(31)26(4)32)23-21-19-17-15-13-11-9-6-2/h27-30,33H,5-25H2,1-4H3. The van der Waals surface area contributed by atoms with Crippen LogP contribution in [0, 0.1) is 0 Å². The van der Waals surface area contributed by atoms with Gasteiger partial charge in [0.25, 0.3) is 0 Å². The fraction of sp³-hybridized carbons (Fsp3) is 0.967. The van der Waals surface area contributed by atoms with Crippen LogP contribution in [0.5, 0.6) is 0 Å². The summed E-state index contributed by atoms with van der Waals surface area (Å²) in [5.74, 6) is 0.177. The fourth-order valence-corrected chi connectivity index (χ4v) is 5.54. The molecule has 0 spiro atoms. The maximum Gasteiger partial charge on any atom is 0.149 e. The van der Waals surface area contributed by atoms with Gasteiger partial charge in [0, 0.05) is 13.1 Å². The van der Waals surface area contributed by atoms with Crippen molar-refractivity contribution in [3.8, 4) is 0 Å². The molecule has 4 unspecified atom stereocenters. The van der Waals surface area contributed by atoms with Gasteiger partial charge in [-0.05, 0) is 26.2 Å². The Labute approximate surface area is 212 Å². The SMILES string of the molecule is CCCCCCCCCCC(O)CN1CC(CCCCCCCCCC)OC(CC)C1C(C)=O. The van der Waals surface area contributed by atoms with E-state index in [1.807, 2.05) is 0 Å². The first kappa shape index (κ1) is 31.6. The Hall–Kier alpha value is -0.450. The Morgan fingerprint density at radius 2 is 1.32 bits per heavy atom. The monoisotopic (exact) mass is 481 g/mol. The highest BCUT2D eigenvalue weighted by molar-refractivity contribution is 5.82. The topological polar surface area (TPSA) is 49.8 Å². The largest absolute Gasteiger partial charge is 0.392 e. The maximum absolute atomic E-state index is 12.5. The first-order chi connectivity index (χ1) is 16.5. The second kappa shape index (κ2) is 20.7. The summed E-state index contributed by atoms with van der Waals surface area (Å²) in [6.45, 7) is 9.72. The first-order valence-electron chi connectivity index (χ1n) is 15.1. The number of aliphatic hydroxyl groups is 1. The van der Waals surface area contributed by atoms with Gasteiger partial charge in [-0.25, -0.2) is 0 Å². The number of unbranched alkanes of at least 4 members (excludes halogenated alkanes) is 14. The van der Waals surface area contributed by atoms with Crippen LogP contribution < -0.4 is 0 Å². The molecule has 0 amide bonds. The lowest BCUT2D eigenvalue weighted by molar-refractivity contribution is -0.152. The molecule has 1 rings (SSSR count). The number of hydrogen-bond donors (Lipinski definition) is 1. The molecule has 0 aromatic rings. The van der Waals surface area contributed by atoms with Crippen LogP contribution in [-0.2, 0) is 9.53 Å². The molecule has 1 saturated heterocycles. The molecule has 1 aliphatic rings. The lowest BCUT2D eigenvalue weighted by Gasteiger charge is -2.44. The van der Waals surface area contributed by atoms with Gasteiger partial charge in [0.15, 0.2) is 0 Å². The molecule has 0 radical (unpaired) electrons. The van der Waals surface area contributed by atoms with Crippen molar-refractivity contribution in [2.75, 3.05) is 13.1 Å². The summed E-state index contributed by atoms with van der Waals surface area (Å²) in [6.07, 6.45) is 23.4. The summed E-state index contributed by atoms with van der Waals surface area (Å²) in [5, 5.41) is 10.8. The quantitative estimate of drug-likeness (QED) is 0.160. The van der Waals surface area contributed by atoms with Crippen molar-refractivity contribution in [1.82, 2.24) is 4.90 Å². The number of carbonyl (C=O) groups excluding carboxylic acids is 1. The first-order valence-corrected chi connectivity index (χ1v) is 15.1. The van der Waals surface area contributed by atoms with Crippen molar-refractivity contribution in [3.05, 3.63) is 0 Å². The summed E-state index contributed by atoms with van der Waals surface area (Å²) < 4.78 is 6.39. The van der Waals surface area contributed by atoms with E-state index in [2.05, 4.69) is 25.7 Å². The van der Waals surface area contributed by atoms with Gasteiger partial charge in [-0.2, -0.15) is 0 Å². The van der Waals surface area contributed by atoms with E-state index in [4.69, 9.17) is 4.74 Å². The predicted molar refractivity (Wildman–Crippen MR) is 145 cm³/mol. The highest BCUT2D eigenvalue weighted by Gasteiger charge is 2.39. The zero-order valence-electron chi connectivity index (χ0n) is 23.4. The molecule has 1 aliphatic heterocycles. The van der Waals surface area contributed by atoms with Crippen molar-refractivity contribution in [1.29, 1.82) is 0 Å². The van der Waals surface area contributed by atoms with E-state index < -0.39 is 0 Å². The average molecular weight is 482 g/mol. The van der Waals surface area contributed by atoms with Crippen LogP contribution in [-0.4, -0.2) is 53.2 Å². The van der Waals surface area contributed by atoms with E-state index in [0.717, 1.165) is 32.2 Å². The Kier molecular flexibility index (Phi) is 19.2. The minimum Gasteiger partial charge on any atom is -0.392 e. The number of nitrogens with zero attached hydrogens (tertiary/aromatic N) is 1. The van der Waals surface area contributed by atoms with Crippen molar-refractivity contribution in [2.45, 2.75) is 174 Å². The highest BCUT2D eigenvalue weighted by atomic mass is 16.5. The number of ketones is 1. The summed E-state index contributed by atoms with van der Waals surface area (Å²) in [5.41, 5.74) is 0. The maximum atomic E-state index is 12.5. The number of hydrogen-bond acceptors (Lipinski definition) is 4. The molecule has 0 aliphatic carbocycles. The van der Waals surface area contributed by atoms with Gasteiger partial charge in [-0.15, -0.1) is 0 Å². The van der Waals surface area contributed by atoms with Crippen molar-refractivity contribution < 1.29 is 14.6 Å². The van der Waals surface area contributed by atoms with Crippen LogP contribution in [0.15, 0.2) is 0 Å². The van der Waals surface area contributed by atoms with Gasteiger partial charge in [-0.3, -0.25) is 9.69 Å². The molecule has 0 bridgehead atoms. The molecule has 202 valence electrons. The Morgan fingerprint density at radius 3 is 1.82 bits per heavy atom. The summed E-state index contributed by atoms with van der Waals surface area (Å²) in [7, 11) is 0. The number of morpholine rings is 1. The molecule has 0 aromatic heterocycles. The number of carbonyl (C=O) groups is 1. The molecular weight excluding hydrogens is 422 g/mol. The number of aliphatic hydroxyl groups excluding tert-OH is 1. The fourth-order valence-electron chi connectivity index (χ4n) is 5.54. The van der Waals surface area contributed by atoms with E-state index in [9.17, 15) is 9.90 Å². The number of ether oxygens (including phenoxy) is 1. The molecule has 1 heterocycles. The lowest BCUT2D eigenvalue weighted by atomic mass is 9.96.